The molecule has 1 aromatic carbocycles. The number of aromatic nitrogens is 1. The molecule has 1 saturated heterocycles. The normalized spacial score (nSPS) is 14.9. The first kappa shape index (κ1) is 18.4. The molecule has 1 fully saturated rings. The van der Waals surface area contributed by atoms with Gasteiger partial charge in [-0.15, -0.1) is 0 Å². The van der Waals surface area contributed by atoms with Crippen molar-refractivity contribution in [3.05, 3.63) is 57.1 Å². The number of nitro groups is 1. The van der Waals surface area contributed by atoms with Crippen LogP contribution in [0.15, 0.2) is 41.4 Å². The average molecular weight is 387 g/mol. The molecule has 27 heavy (non-hydrogen) atoms. The van der Waals surface area contributed by atoms with E-state index in [-0.39, 0.29) is 16.5 Å². The fourth-order valence-corrected chi connectivity index (χ4v) is 2.88. The zero-order chi connectivity index (χ0) is 19.4. The molecule has 2 amide bonds. The van der Waals surface area contributed by atoms with E-state index in [1.807, 2.05) is 0 Å². The quantitative estimate of drug-likeness (QED) is 0.454. The highest BCUT2D eigenvalue weighted by molar-refractivity contribution is 8.18. The molecule has 0 bridgehead atoms. The lowest BCUT2D eigenvalue weighted by molar-refractivity contribution is -0.385. The number of rotatable bonds is 6. The highest BCUT2D eigenvalue weighted by atomic mass is 32.2. The van der Waals surface area contributed by atoms with Crippen molar-refractivity contribution in [3.63, 3.8) is 0 Å². The maximum Gasteiger partial charge on any atom is 0.290 e. The summed E-state index contributed by atoms with van der Waals surface area (Å²) >= 11 is 0.823. The van der Waals surface area contributed by atoms with Gasteiger partial charge >= 0.3 is 0 Å². The van der Waals surface area contributed by atoms with E-state index < -0.39 is 16.1 Å². The van der Waals surface area contributed by atoms with Crippen LogP contribution in [0.1, 0.15) is 12.5 Å². The number of hydrogen-bond acceptors (Lipinski definition) is 8. The van der Waals surface area contributed by atoms with E-state index in [1.165, 1.54) is 12.1 Å². The Morgan fingerprint density at radius 3 is 2.67 bits per heavy atom. The summed E-state index contributed by atoms with van der Waals surface area (Å²) in [6.45, 7) is 2.18. The molecule has 138 valence electrons. The molecular weight excluding hydrogens is 374 g/mol. The molecule has 0 aliphatic carbocycles. The van der Waals surface area contributed by atoms with Gasteiger partial charge in [-0.05, 0) is 42.5 Å². The fourth-order valence-electron chi connectivity index (χ4n) is 2.19. The van der Waals surface area contributed by atoms with Crippen molar-refractivity contribution in [1.82, 2.24) is 10.3 Å². The van der Waals surface area contributed by atoms with Crippen molar-refractivity contribution in [3.8, 4) is 17.4 Å². The van der Waals surface area contributed by atoms with Crippen molar-refractivity contribution in [2.24, 2.45) is 0 Å². The van der Waals surface area contributed by atoms with Crippen LogP contribution in [0.25, 0.3) is 6.08 Å². The number of hydrogen-bond donors (Lipinski definition) is 1. The van der Waals surface area contributed by atoms with Crippen LogP contribution in [0.3, 0.4) is 0 Å². The van der Waals surface area contributed by atoms with Gasteiger partial charge < -0.3 is 9.47 Å². The Bertz CT molecular complexity index is 942. The van der Waals surface area contributed by atoms with Crippen molar-refractivity contribution in [2.75, 3.05) is 6.61 Å². The van der Waals surface area contributed by atoms with Gasteiger partial charge in [-0.1, -0.05) is 6.07 Å². The number of ether oxygens (including phenoxy) is 2. The summed E-state index contributed by atoms with van der Waals surface area (Å²) in [4.78, 5) is 37.2. The monoisotopic (exact) mass is 387 g/mol. The summed E-state index contributed by atoms with van der Waals surface area (Å²) in [5.74, 6) is 0.490. The summed E-state index contributed by atoms with van der Waals surface area (Å²) in [5, 5.41) is 12.5. The molecule has 0 unspecified atom stereocenters. The highest BCUT2D eigenvalue weighted by Gasteiger charge is 2.25. The Morgan fingerprint density at radius 2 is 2.07 bits per heavy atom. The number of carbonyl (C=O) groups excluding carboxylic acids is 2. The first-order chi connectivity index (χ1) is 13.0. The van der Waals surface area contributed by atoms with E-state index in [2.05, 4.69) is 10.3 Å². The number of pyridine rings is 1. The Morgan fingerprint density at radius 1 is 1.26 bits per heavy atom. The molecule has 1 aromatic heterocycles. The molecule has 0 spiro atoms. The van der Waals surface area contributed by atoms with Crippen LogP contribution in [0.2, 0.25) is 0 Å². The summed E-state index contributed by atoms with van der Waals surface area (Å²) in [6.07, 6.45) is 2.67. The molecule has 1 aliphatic heterocycles. The summed E-state index contributed by atoms with van der Waals surface area (Å²) in [6, 6.07) is 7.64. The fraction of sp³-hybridized carbons (Fsp3) is 0.118. The third-order valence-electron chi connectivity index (χ3n) is 3.35. The van der Waals surface area contributed by atoms with Gasteiger partial charge in [0.05, 0.1) is 16.4 Å². The molecule has 10 heteroatoms. The SMILES string of the molecule is CCOc1cc(/C=C2\SC(=O)NC2=O)ccc1Oc1ccc([N+](=O)[O-])cn1. The van der Waals surface area contributed by atoms with Gasteiger partial charge in [-0.2, -0.15) is 0 Å². The van der Waals surface area contributed by atoms with Crippen molar-refractivity contribution in [2.45, 2.75) is 6.92 Å². The van der Waals surface area contributed by atoms with E-state index >= 15 is 0 Å². The molecule has 9 nitrogen and oxygen atoms in total. The number of nitrogens with one attached hydrogen (secondary N) is 1. The number of amides is 2. The summed E-state index contributed by atoms with van der Waals surface area (Å²) in [7, 11) is 0. The second-order valence-corrected chi connectivity index (χ2v) is 6.22. The van der Waals surface area contributed by atoms with E-state index in [1.54, 1.807) is 31.2 Å². The highest BCUT2D eigenvalue weighted by Crippen LogP contribution is 2.34. The lowest BCUT2D eigenvalue weighted by atomic mass is 10.2. The third kappa shape index (κ3) is 4.42. The molecule has 2 heterocycles. The second kappa shape index (κ2) is 7.87. The predicted molar refractivity (Wildman–Crippen MR) is 97.7 cm³/mol. The predicted octanol–water partition coefficient (Wildman–Crippen LogP) is 3.50. The van der Waals surface area contributed by atoms with Crippen LogP contribution in [0.4, 0.5) is 10.5 Å². The minimum absolute atomic E-state index is 0.142. The van der Waals surface area contributed by atoms with Gasteiger partial charge in [-0.25, -0.2) is 4.98 Å². The number of imide groups is 1. The van der Waals surface area contributed by atoms with Gasteiger partial charge in [0, 0.05) is 12.1 Å². The zero-order valence-electron chi connectivity index (χ0n) is 14.0. The molecule has 2 aromatic rings. The largest absolute Gasteiger partial charge is 0.490 e. The molecule has 0 atom stereocenters. The van der Waals surface area contributed by atoms with Gasteiger partial charge in [0.25, 0.3) is 16.8 Å². The van der Waals surface area contributed by atoms with Crippen molar-refractivity contribution in [1.29, 1.82) is 0 Å². The molecule has 1 aliphatic rings. The number of nitrogens with zero attached hydrogens (tertiary/aromatic N) is 2. The lowest BCUT2D eigenvalue weighted by Gasteiger charge is -2.11. The lowest BCUT2D eigenvalue weighted by Crippen LogP contribution is -2.17. The number of benzene rings is 1. The van der Waals surface area contributed by atoms with Crippen LogP contribution >= 0.6 is 11.8 Å². The Balaban J connectivity index is 1.85. The minimum Gasteiger partial charge on any atom is -0.490 e. The molecule has 3 rings (SSSR count). The second-order valence-electron chi connectivity index (χ2n) is 5.21. The first-order valence-electron chi connectivity index (χ1n) is 7.76. The Kier molecular flexibility index (Phi) is 5.36. The van der Waals surface area contributed by atoms with E-state index in [4.69, 9.17) is 9.47 Å². The average Bonchev–Trinajstić information content (AvgIpc) is 2.95. The van der Waals surface area contributed by atoms with Gasteiger partial charge in [-0.3, -0.25) is 25.0 Å². The standard InChI is InChI=1S/C17H13N3O6S/c1-2-25-13-7-10(8-14-16(21)19-17(22)27-14)3-5-12(13)26-15-6-4-11(9-18-15)20(23)24/h3-9H,2H2,1H3,(H,19,21,22)/b14-8-. The van der Waals surface area contributed by atoms with Crippen LogP contribution in [0, 0.1) is 10.1 Å². The summed E-state index contributed by atoms with van der Waals surface area (Å²) < 4.78 is 11.2. The van der Waals surface area contributed by atoms with Crippen molar-refractivity contribution >= 4 is 34.7 Å². The zero-order valence-corrected chi connectivity index (χ0v) is 14.8. The molecule has 1 N–H and O–H groups in total. The van der Waals surface area contributed by atoms with Gasteiger partial charge in [0.1, 0.15) is 6.20 Å². The molecule has 0 saturated carbocycles. The number of thioether (sulfide) groups is 1. The van der Waals surface area contributed by atoms with E-state index in [0.29, 0.717) is 23.7 Å². The maximum absolute atomic E-state index is 11.7. The maximum atomic E-state index is 11.7. The summed E-state index contributed by atoms with van der Waals surface area (Å²) in [5.41, 5.74) is 0.506. The van der Waals surface area contributed by atoms with Crippen LogP contribution in [0.5, 0.6) is 17.4 Å². The Labute approximate surface area is 157 Å². The smallest absolute Gasteiger partial charge is 0.290 e. The first-order valence-corrected chi connectivity index (χ1v) is 8.58. The van der Waals surface area contributed by atoms with Crippen molar-refractivity contribution < 1.29 is 24.0 Å². The van der Waals surface area contributed by atoms with Crippen LogP contribution in [-0.2, 0) is 4.79 Å². The van der Waals surface area contributed by atoms with E-state index in [0.717, 1.165) is 18.0 Å². The minimum atomic E-state index is -0.549. The molecule has 0 radical (unpaired) electrons. The molecular formula is C17H13N3O6S. The topological polar surface area (TPSA) is 121 Å². The van der Waals surface area contributed by atoms with Crippen LogP contribution in [-0.4, -0.2) is 27.7 Å². The third-order valence-corrected chi connectivity index (χ3v) is 4.16. The number of carbonyl (C=O) groups is 2. The van der Waals surface area contributed by atoms with E-state index in [9.17, 15) is 19.7 Å². The Hall–Kier alpha value is -3.40. The van der Waals surface area contributed by atoms with Crippen LogP contribution < -0.4 is 14.8 Å². The van der Waals surface area contributed by atoms with Gasteiger partial charge in [0.2, 0.25) is 5.88 Å². The van der Waals surface area contributed by atoms with Gasteiger partial charge in [0.15, 0.2) is 11.5 Å².